The molecule has 0 spiro atoms. The highest BCUT2D eigenvalue weighted by Crippen LogP contribution is 2.38. The molecule has 0 saturated heterocycles. The van der Waals surface area contributed by atoms with E-state index in [0.29, 0.717) is 5.92 Å². The smallest absolute Gasteiger partial charge is 0.337 e. The Morgan fingerprint density at radius 2 is 1.61 bits per heavy atom. The molecule has 0 atom stereocenters. The van der Waals surface area contributed by atoms with Gasteiger partial charge in [0.2, 0.25) is 0 Å². The molecule has 1 saturated carbocycles. The second kappa shape index (κ2) is 7.23. The van der Waals surface area contributed by atoms with Gasteiger partial charge in [-0.1, -0.05) is 47.6 Å². The summed E-state index contributed by atoms with van der Waals surface area (Å²) in [5.74, 6) is 0.540. The van der Waals surface area contributed by atoms with E-state index in [1.807, 2.05) is 6.07 Å². The van der Waals surface area contributed by atoms with Gasteiger partial charge in [0.05, 0.1) is 5.56 Å². The zero-order valence-corrected chi connectivity index (χ0v) is 17.9. The van der Waals surface area contributed by atoms with Gasteiger partial charge in [-0.3, -0.25) is 0 Å². The Bertz CT molecular complexity index is 821. The molecule has 28 heavy (non-hydrogen) atoms. The number of carbonyl (C=O) groups is 1. The molecular weight excluding hydrogens is 348 g/mol. The van der Waals surface area contributed by atoms with Crippen LogP contribution in [0.2, 0.25) is 0 Å². The molecule has 0 bridgehead atoms. The van der Waals surface area contributed by atoms with Gasteiger partial charge in [-0.2, -0.15) is 0 Å². The largest absolute Gasteiger partial charge is 0.478 e. The van der Waals surface area contributed by atoms with E-state index >= 15 is 0 Å². The molecule has 0 aliphatic heterocycles. The number of hydrogen-bond acceptors (Lipinski definition) is 3. The van der Waals surface area contributed by atoms with Crippen LogP contribution in [0.25, 0.3) is 0 Å². The second-order valence-electron chi connectivity index (χ2n) is 10.0. The van der Waals surface area contributed by atoms with Crippen molar-refractivity contribution in [1.82, 2.24) is 4.98 Å². The van der Waals surface area contributed by atoms with Gasteiger partial charge in [0, 0.05) is 18.4 Å². The first-order chi connectivity index (χ1) is 12.9. The average molecular weight is 381 g/mol. The molecule has 0 amide bonds. The lowest BCUT2D eigenvalue weighted by atomic mass is 9.80. The molecule has 4 nitrogen and oxygen atoms in total. The number of pyridine rings is 1. The van der Waals surface area contributed by atoms with E-state index in [-0.39, 0.29) is 16.4 Å². The highest BCUT2D eigenvalue weighted by molar-refractivity contribution is 5.87. The van der Waals surface area contributed by atoms with Crippen LogP contribution < -0.4 is 4.90 Å². The molecule has 1 heterocycles. The molecule has 0 unspecified atom stereocenters. The fraction of sp³-hybridized carbons (Fsp3) is 0.500. The fourth-order valence-corrected chi connectivity index (χ4v) is 3.20. The Morgan fingerprint density at radius 1 is 1.04 bits per heavy atom. The molecular formula is C24H32N2O2. The third-order valence-electron chi connectivity index (χ3n) is 5.37. The third-order valence-corrected chi connectivity index (χ3v) is 5.37. The molecule has 1 fully saturated rings. The maximum Gasteiger partial charge on any atom is 0.337 e. The minimum Gasteiger partial charge on any atom is -0.478 e. The number of hydrogen-bond donors (Lipinski definition) is 1. The fourth-order valence-electron chi connectivity index (χ4n) is 3.20. The molecule has 4 heteroatoms. The van der Waals surface area contributed by atoms with Crippen LogP contribution in [0.1, 0.15) is 75.9 Å². The number of aromatic nitrogens is 1. The lowest BCUT2D eigenvalue weighted by Crippen LogP contribution is -2.24. The minimum absolute atomic E-state index is 0.0435. The van der Waals surface area contributed by atoms with Crippen LogP contribution >= 0.6 is 0 Å². The Balaban J connectivity index is 2.09. The van der Waals surface area contributed by atoms with Crippen molar-refractivity contribution in [3.05, 3.63) is 53.2 Å². The van der Waals surface area contributed by atoms with Crippen LogP contribution in [0.3, 0.4) is 0 Å². The molecule has 2 aromatic rings. The Hall–Kier alpha value is -2.36. The normalized spacial score (nSPS) is 14.8. The summed E-state index contributed by atoms with van der Waals surface area (Å²) in [6.45, 7) is 14.4. The number of benzene rings is 1. The number of carboxylic acid groups (broad SMARTS) is 1. The highest BCUT2D eigenvalue weighted by atomic mass is 16.4. The number of anilines is 2. The molecule has 1 N–H and O–H groups in total. The van der Waals surface area contributed by atoms with Crippen molar-refractivity contribution < 1.29 is 9.90 Å². The number of rotatable bonds is 5. The summed E-state index contributed by atoms with van der Waals surface area (Å²) >= 11 is 0. The van der Waals surface area contributed by atoms with Gasteiger partial charge in [0.15, 0.2) is 0 Å². The van der Waals surface area contributed by atoms with E-state index in [1.165, 1.54) is 30.2 Å². The van der Waals surface area contributed by atoms with Crippen molar-refractivity contribution in [3.8, 4) is 0 Å². The number of aromatic carboxylic acids is 1. The van der Waals surface area contributed by atoms with Gasteiger partial charge in [-0.05, 0) is 65.0 Å². The number of carboxylic acids is 1. The molecule has 150 valence electrons. The predicted molar refractivity (Wildman–Crippen MR) is 115 cm³/mol. The van der Waals surface area contributed by atoms with E-state index < -0.39 is 5.97 Å². The van der Waals surface area contributed by atoms with Gasteiger partial charge in [0.1, 0.15) is 5.82 Å². The molecule has 1 aromatic carbocycles. The SMILES string of the molecule is CC(C)(C)c1cc(N(CC2CC2)c2ccc(C(=O)O)cn2)cc(C(C)(C)C)c1. The third kappa shape index (κ3) is 4.73. The minimum atomic E-state index is -0.947. The maximum absolute atomic E-state index is 11.2. The molecule has 0 radical (unpaired) electrons. The Labute approximate surface area is 168 Å². The van der Waals surface area contributed by atoms with E-state index in [4.69, 9.17) is 0 Å². The van der Waals surface area contributed by atoms with Gasteiger partial charge in [0.25, 0.3) is 0 Å². The molecule has 1 aromatic heterocycles. The molecule has 1 aliphatic carbocycles. The summed E-state index contributed by atoms with van der Waals surface area (Å²) in [6.07, 6.45) is 3.94. The summed E-state index contributed by atoms with van der Waals surface area (Å²) in [6, 6.07) is 10.3. The van der Waals surface area contributed by atoms with Crippen LogP contribution in [0.4, 0.5) is 11.5 Å². The second-order valence-corrected chi connectivity index (χ2v) is 10.0. The van der Waals surface area contributed by atoms with E-state index in [2.05, 4.69) is 69.6 Å². The first kappa shape index (κ1) is 20.4. The first-order valence-electron chi connectivity index (χ1n) is 10.1. The van der Waals surface area contributed by atoms with Crippen molar-refractivity contribution in [2.24, 2.45) is 5.92 Å². The van der Waals surface area contributed by atoms with Gasteiger partial charge in [-0.25, -0.2) is 9.78 Å². The Kier molecular flexibility index (Phi) is 5.26. The van der Waals surface area contributed by atoms with E-state index in [0.717, 1.165) is 18.1 Å². The Morgan fingerprint density at radius 3 is 2.00 bits per heavy atom. The zero-order valence-electron chi connectivity index (χ0n) is 17.9. The monoisotopic (exact) mass is 380 g/mol. The van der Waals surface area contributed by atoms with Crippen LogP contribution in [0.5, 0.6) is 0 Å². The van der Waals surface area contributed by atoms with Crippen molar-refractivity contribution in [3.63, 3.8) is 0 Å². The van der Waals surface area contributed by atoms with Gasteiger partial charge < -0.3 is 10.0 Å². The summed E-state index contributed by atoms with van der Waals surface area (Å²) < 4.78 is 0. The highest BCUT2D eigenvalue weighted by Gasteiger charge is 2.28. The van der Waals surface area contributed by atoms with Crippen LogP contribution in [-0.2, 0) is 10.8 Å². The number of nitrogens with zero attached hydrogens (tertiary/aromatic N) is 2. The van der Waals surface area contributed by atoms with Crippen molar-refractivity contribution >= 4 is 17.5 Å². The van der Waals surface area contributed by atoms with Crippen LogP contribution in [0.15, 0.2) is 36.5 Å². The lowest BCUT2D eigenvalue weighted by Gasteiger charge is -2.30. The first-order valence-corrected chi connectivity index (χ1v) is 10.1. The van der Waals surface area contributed by atoms with Crippen LogP contribution in [-0.4, -0.2) is 22.6 Å². The van der Waals surface area contributed by atoms with Crippen molar-refractivity contribution in [2.45, 2.75) is 65.2 Å². The molecule has 3 rings (SSSR count). The summed E-state index contributed by atoms with van der Waals surface area (Å²) in [5.41, 5.74) is 4.05. The molecule has 1 aliphatic rings. The maximum atomic E-state index is 11.2. The topological polar surface area (TPSA) is 53.4 Å². The zero-order chi connectivity index (χ0) is 20.7. The average Bonchev–Trinajstić information content (AvgIpc) is 3.42. The van der Waals surface area contributed by atoms with Crippen LogP contribution in [0, 0.1) is 5.92 Å². The summed E-state index contributed by atoms with van der Waals surface area (Å²) in [4.78, 5) is 17.9. The standard InChI is InChI=1S/C24H32N2O2/c1-23(2,3)18-11-19(24(4,5)6)13-20(12-18)26(15-16-7-8-16)21-10-9-17(14-25-21)22(27)28/h9-14,16H,7-8,15H2,1-6H3,(H,27,28). The predicted octanol–water partition coefficient (Wildman–Crippen LogP) is 5.92. The van der Waals surface area contributed by atoms with Gasteiger partial charge >= 0.3 is 5.97 Å². The summed E-state index contributed by atoms with van der Waals surface area (Å²) in [7, 11) is 0. The van der Waals surface area contributed by atoms with Gasteiger partial charge in [-0.15, -0.1) is 0 Å². The lowest BCUT2D eigenvalue weighted by molar-refractivity contribution is 0.0696. The quantitative estimate of drug-likeness (QED) is 0.699. The van der Waals surface area contributed by atoms with Crippen molar-refractivity contribution in [1.29, 1.82) is 0 Å². The van der Waals surface area contributed by atoms with E-state index in [9.17, 15) is 9.90 Å². The summed E-state index contributed by atoms with van der Waals surface area (Å²) in [5, 5.41) is 9.19. The van der Waals surface area contributed by atoms with E-state index in [1.54, 1.807) is 6.07 Å². The van der Waals surface area contributed by atoms with Crippen molar-refractivity contribution in [2.75, 3.05) is 11.4 Å².